The maximum Gasteiger partial charge on any atom is 0.119 e. The predicted octanol–water partition coefficient (Wildman–Crippen LogP) is 12.0. The largest absolute Gasteiger partial charge is 0.494 e. The minimum Gasteiger partial charge on any atom is -0.494 e. The number of nitrogens with zero attached hydrogens (tertiary/aromatic N) is 1. The van der Waals surface area contributed by atoms with Crippen LogP contribution < -0.4 is 9.47 Å². The summed E-state index contributed by atoms with van der Waals surface area (Å²) in [5.41, 5.74) is 2.01. The molecule has 0 heterocycles. The van der Waals surface area contributed by atoms with E-state index in [1.807, 2.05) is 42.6 Å². The van der Waals surface area contributed by atoms with Crippen LogP contribution in [-0.2, 0) is 0 Å². The first kappa shape index (κ1) is 33.9. The maximum absolute atomic E-state index is 5.94. The van der Waals surface area contributed by atoms with Crippen LogP contribution in [0.2, 0.25) is 0 Å². The Morgan fingerprint density at radius 1 is 0.450 bits per heavy atom. The van der Waals surface area contributed by atoms with E-state index in [1.54, 1.807) is 0 Å². The molecule has 0 atom stereocenters. The molecule has 224 valence electrons. The third kappa shape index (κ3) is 18.1. The fraction of sp³-hybridized carbons (Fsp3) is 0.649. The van der Waals surface area contributed by atoms with Crippen molar-refractivity contribution in [2.45, 2.75) is 142 Å². The first-order chi connectivity index (χ1) is 19.8. The third-order valence-electron chi connectivity index (χ3n) is 7.61. The van der Waals surface area contributed by atoms with Crippen LogP contribution in [0.3, 0.4) is 0 Å². The lowest BCUT2D eigenvalue weighted by atomic mass is 10.0. The Kier molecular flexibility index (Phi) is 20.8. The molecule has 0 saturated heterocycles. The van der Waals surface area contributed by atoms with Crippen molar-refractivity contribution in [1.82, 2.24) is 0 Å². The smallest absolute Gasteiger partial charge is 0.119 e. The molecule has 0 aliphatic carbocycles. The van der Waals surface area contributed by atoms with Gasteiger partial charge in [0.25, 0.3) is 0 Å². The average Bonchev–Trinajstić information content (AvgIpc) is 2.99. The van der Waals surface area contributed by atoms with Crippen LogP contribution in [0, 0.1) is 0 Å². The molecule has 0 unspecified atom stereocenters. The Balaban J connectivity index is 1.47. The van der Waals surface area contributed by atoms with Gasteiger partial charge in [-0.1, -0.05) is 129 Å². The lowest BCUT2D eigenvalue weighted by molar-refractivity contribution is 0.304. The SMILES string of the molecule is CCCCCCCCCCCCCCCCOc1ccc(N=Cc2ccc(OCCCCCCCC)cc2)cc1. The van der Waals surface area contributed by atoms with E-state index in [-0.39, 0.29) is 0 Å². The van der Waals surface area contributed by atoms with Gasteiger partial charge in [-0.2, -0.15) is 0 Å². The third-order valence-corrected chi connectivity index (χ3v) is 7.61. The molecular weight excluding hydrogens is 490 g/mol. The molecular formula is C37H59NO2. The van der Waals surface area contributed by atoms with E-state index in [0.29, 0.717) is 0 Å². The first-order valence-corrected chi connectivity index (χ1v) is 16.8. The summed E-state index contributed by atoms with van der Waals surface area (Å²) in [6, 6.07) is 16.3. The molecule has 3 heteroatoms. The van der Waals surface area contributed by atoms with Crippen molar-refractivity contribution in [3.63, 3.8) is 0 Å². The van der Waals surface area contributed by atoms with Gasteiger partial charge in [0.05, 0.1) is 18.9 Å². The molecule has 0 saturated carbocycles. The Bertz CT molecular complexity index is 843. The van der Waals surface area contributed by atoms with Crippen molar-refractivity contribution in [3.05, 3.63) is 54.1 Å². The van der Waals surface area contributed by atoms with Gasteiger partial charge in [-0.25, -0.2) is 0 Å². The lowest BCUT2D eigenvalue weighted by Crippen LogP contribution is -1.97. The van der Waals surface area contributed by atoms with Gasteiger partial charge in [0, 0.05) is 6.21 Å². The minimum atomic E-state index is 0.799. The van der Waals surface area contributed by atoms with E-state index < -0.39 is 0 Å². The summed E-state index contributed by atoms with van der Waals surface area (Å²) < 4.78 is 11.8. The van der Waals surface area contributed by atoms with Crippen LogP contribution in [0.4, 0.5) is 5.69 Å². The predicted molar refractivity (Wildman–Crippen MR) is 175 cm³/mol. The number of ether oxygens (including phenoxy) is 2. The van der Waals surface area contributed by atoms with Gasteiger partial charge >= 0.3 is 0 Å². The Morgan fingerprint density at radius 2 is 0.800 bits per heavy atom. The molecule has 2 aromatic rings. The van der Waals surface area contributed by atoms with Crippen molar-refractivity contribution in [3.8, 4) is 11.5 Å². The Labute approximate surface area is 247 Å². The van der Waals surface area contributed by atoms with Crippen molar-refractivity contribution in [1.29, 1.82) is 0 Å². The van der Waals surface area contributed by atoms with E-state index >= 15 is 0 Å². The van der Waals surface area contributed by atoms with Gasteiger partial charge in [0.2, 0.25) is 0 Å². The van der Waals surface area contributed by atoms with Crippen molar-refractivity contribution in [2.24, 2.45) is 4.99 Å². The highest BCUT2D eigenvalue weighted by Crippen LogP contribution is 2.20. The molecule has 0 aromatic heterocycles. The van der Waals surface area contributed by atoms with Crippen LogP contribution in [0.1, 0.15) is 148 Å². The van der Waals surface area contributed by atoms with Crippen molar-refractivity contribution >= 4 is 11.9 Å². The number of hydrogen-bond acceptors (Lipinski definition) is 3. The summed E-state index contributed by atoms with van der Waals surface area (Å²) in [6.07, 6.45) is 28.9. The highest BCUT2D eigenvalue weighted by Gasteiger charge is 1.98. The zero-order valence-electron chi connectivity index (χ0n) is 26.0. The second kappa shape index (κ2) is 24.5. The summed E-state index contributed by atoms with van der Waals surface area (Å²) >= 11 is 0. The summed E-state index contributed by atoms with van der Waals surface area (Å²) in [5, 5.41) is 0. The van der Waals surface area contributed by atoms with Gasteiger partial charge in [-0.05, 0) is 66.9 Å². The molecule has 2 aromatic carbocycles. The van der Waals surface area contributed by atoms with E-state index in [4.69, 9.17) is 9.47 Å². The summed E-state index contributed by atoms with van der Waals surface area (Å²) in [7, 11) is 0. The molecule has 0 aliphatic rings. The molecule has 0 fully saturated rings. The topological polar surface area (TPSA) is 30.8 Å². The molecule has 3 nitrogen and oxygen atoms in total. The standard InChI is InChI=1S/C37H59NO2/c1-3-5-7-9-11-12-13-14-15-16-17-18-20-22-32-40-37-29-25-35(26-30-37)38-33-34-23-27-36(28-24-34)39-31-21-19-10-8-6-4-2/h23-30,33H,3-22,31-32H2,1-2H3. The number of hydrogen-bond donors (Lipinski definition) is 0. The van der Waals surface area contributed by atoms with Crippen LogP contribution in [0.5, 0.6) is 11.5 Å². The maximum atomic E-state index is 5.94. The molecule has 0 bridgehead atoms. The fourth-order valence-corrected chi connectivity index (χ4v) is 4.99. The van der Waals surface area contributed by atoms with Crippen molar-refractivity contribution in [2.75, 3.05) is 13.2 Å². The monoisotopic (exact) mass is 549 g/mol. The van der Waals surface area contributed by atoms with Gasteiger partial charge in [-0.15, -0.1) is 0 Å². The second-order valence-electron chi connectivity index (χ2n) is 11.4. The number of aliphatic imine (C=N–C) groups is 1. The second-order valence-corrected chi connectivity index (χ2v) is 11.4. The van der Waals surface area contributed by atoms with Gasteiger partial charge in [0.15, 0.2) is 0 Å². The van der Waals surface area contributed by atoms with E-state index in [1.165, 1.54) is 116 Å². The Morgan fingerprint density at radius 3 is 1.20 bits per heavy atom. The van der Waals surface area contributed by atoms with E-state index in [2.05, 4.69) is 31.0 Å². The van der Waals surface area contributed by atoms with Gasteiger partial charge < -0.3 is 9.47 Å². The zero-order valence-corrected chi connectivity index (χ0v) is 26.0. The molecule has 0 spiro atoms. The average molecular weight is 550 g/mol. The molecule has 0 aliphatic heterocycles. The highest BCUT2D eigenvalue weighted by molar-refractivity contribution is 5.82. The normalized spacial score (nSPS) is 11.3. The zero-order chi connectivity index (χ0) is 28.4. The van der Waals surface area contributed by atoms with Crippen LogP contribution in [-0.4, -0.2) is 19.4 Å². The van der Waals surface area contributed by atoms with E-state index in [0.717, 1.165) is 48.8 Å². The van der Waals surface area contributed by atoms with Gasteiger partial charge in [0.1, 0.15) is 11.5 Å². The fourth-order valence-electron chi connectivity index (χ4n) is 4.99. The molecule has 2 rings (SSSR count). The first-order valence-electron chi connectivity index (χ1n) is 16.8. The summed E-state index contributed by atoms with van der Waals surface area (Å²) in [5.74, 6) is 1.87. The van der Waals surface area contributed by atoms with Gasteiger partial charge in [-0.3, -0.25) is 4.99 Å². The van der Waals surface area contributed by atoms with Crippen LogP contribution >= 0.6 is 0 Å². The van der Waals surface area contributed by atoms with Crippen LogP contribution in [0.15, 0.2) is 53.5 Å². The Hall–Kier alpha value is -2.29. The number of rotatable bonds is 26. The highest BCUT2D eigenvalue weighted by atomic mass is 16.5. The molecule has 0 N–H and O–H groups in total. The summed E-state index contributed by atoms with van der Waals surface area (Å²) in [6.45, 7) is 6.14. The molecule has 0 amide bonds. The summed E-state index contributed by atoms with van der Waals surface area (Å²) in [4.78, 5) is 4.61. The molecule has 0 radical (unpaired) electrons. The quantitative estimate of drug-likeness (QED) is 0.0863. The number of benzene rings is 2. The van der Waals surface area contributed by atoms with Crippen LogP contribution in [0.25, 0.3) is 0 Å². The lowest BCUT2D eigenvalue weighted by Gasteiger charge is -2.07. The minimum absolute atomic E-state index is 0.799. The van der Waals surface area contributed by atoms with E-state index in [9.17, 15) is 0 Å². The van der Waals surface area contributed by atoms with Crippen molar-refractivity contribution < 1.29 is 9.47 Å². The molecule has 40 heavy (non-hydrogen) atoms. The number of unbranched alkanes of at least 4 members (excludes halogenated alkanes) is 18.